The maximum atomic E-state index is 12.7. The molecule has 1 amide bonds. The van der Waals surface area contributed by atoms with E-state index in [4.69, 9.17) is 5.11 Å². The van der Waals surface area contributed by atoms with Gasteiger partial charge in [-0.05, 0) is 35.7 Å². The minimum absolute atomic E-state index is 0.000952. The highest BCUT2D eigenvalue weighted by molar-refractivity contribution is 6.43. The quantitative estimate of drug-likeness (QED) is 0.534. The highest BCUT2D eigenvalue weighted by Gasteiger charge is 2.31. The van der Waals surface area contributed by atoms with Crippen LogP contribution in [0.5, 0.6) is 0 Å². The van der Waals surface area contributed by atoms with E-state index in [0.29, 0.717) is 5.56 Å². The van der Waals surface area contributed by atoms with E-state index in [9.17, 15) is 32.8 Å². The smallest absolute Gasteiger partial charge is 0.475 e. The molecule has 2 rings (SSSR count). The van der Waals surface area contributed by atoms with Crippen molar-refractivity contribution in [1.29, 1.82) is 0 Å². The van der Waals surface area contributed by atoms with Crippen LogP contribution in [-0.2, 0) is 23.8 Å². The van der Waals surface area contributed by atoms with Crippen molar-refractivity contribution in [2.45, 2.75) is 25.0 Å². The van der Waals surface area contributed by atoms with Crippen molar-refractivity contribution in [2.24, 2.45) is 0 Å². The van der Waals surface area contributed by atoms with Gasteiger partial charge in [0, 0.05) is 0 Å². The van der Waals surface area contributed by atoms with Crippen LogP contribution in [0.1, 0.15) is 27.0 Å². The van der Waals surface area contributed by atoms with Crippen molar-refractivity contribution in [3.8, 4) is 0 Å². The summed E-state index contributed by atoms with van der Waals surface area (Å²) in [6.45, 7) is 0. The van der Waals surface area contributed by atoms with Crippen LogP contribution in [0.4, 0.5) is 13.2 Å². The minimum atomic E-state index is -4.54. The summed E-state index contributed by atoms with van der Waals surface area (Å²) < 4.78 is 38.2. The molecule has 0 spiro atoms. The van der Waals surface area contributed by atoms with Crippen molar-refractivity contribution >= 4 is 19.0 Å². The molecule has 0 saturated heterocycles. The minimum Gasteiger partial charge on any atom is -0.478 e. The molecule has 2 aromatic rings. The Morgan fingerprint density at radius 3 is 2.29 bits per heavy atom. The van der Waals surface area contributed by atoms with Gasteiger partial charge < -0.3 is 20.5 Å². The molecule has 0 fully saturated rings. The molecule has 0 aromatic heterocycles. The largest absolute Gasteiger partial charge is 0.478 e. The number of aromatic carboxylic acids is 1. The molecule has 0 aliphatic rings. The SMILES string of the molecule is O=C(Cc1cccc(C(F)(F)F)c1)NC(Cc1cccc(C(=O)O)c1)B(O)O. The van der Waals surface area contributed by atoms with Gasteiger partial charge in [0.15, 0.2) is 0 Å². The summed E-state index contributed by atoms with van der Waals surface area (Å²) in [4.78, 5) is 23.1. The van der Waals surface area contributed by atoms with E-state index in [1.54, 1.807) is 6.07 Å². The van der Waals surface area contributed by atoms with Crippen molar-refractivity contribution in [3.63, 3.8) is 0 Å². The van der Waals surface area contributed by atoms with Crippen molar-refractivity contribution < 1.29 is 37.9 Å². The molecule has 4 N–H and O–H groups in total. The van der Waals surface area contributed by atoms with Crippen LogP contribution in [-0.4, -0.2) is 40.1 Å². The number of halogens is 3. The molecule has 0 radical (unpaired) electrons. The average molecular weight is 395 g/mol. The lowest BCUT2D eigenvalue weighted by atomic mass is 9.75. The van der Waals surface area contributed by atoms with Gasteiger partial charge in [0.05, 0.1) is 23.5 Å². The predicted octanol–water partition coefficient (Wildman–Crippen LogP) is 1.69. The fourth-order valence-electron chi connectivity index (χ4n) is 2.62. The highest BCUT2D eigenvalue weighted by atomic mass is 19.4. The van der Waals surface area contributed by atoms with Crippen LogP contribution >= 0.6 is 0 Å². The first kappa shape index (κ1) is 21.5. The lowest BCUT2D eigenvalue weighted by molar-refractivity contribution is -0.137. The summed E-state index contributed by atoms with van der Waals surface area (Å²) >= 11 is 0. The number of alkyl halides is 3. The van der Waals surface area contributed by atoms with E-state index in [-0.39, 0.29) is 24.0 Å². The van der Waals surface area contributed by atoms with Gasteiger partial charge in [0.25, 0.3) is 0 Å². The molecular weight excluding hydrogens is 378 g/mol. The van der Waals surface area contributed by atoms with Gasteiger partial charge in [0.1, 0.15) is 0 Å². The molecule has 0 aliphatic carbocycles. The Hall–Kier alpha value is -2.85. The summed E-state index contributed by atoms with van der Waals surface area (Å²) in [6, 6.07) is 10.00. The number of hydrogen-bond acceptors (Lipinski definition) is 4. The molecule has 148 valence electrons. The zero-order chi connectivity index (χ0) is 20.9. The molecule has 0 aliphatic heterocycles. The Morgan fingerprint density at radius 2 is 1.68 bits per heavy atom. The second-order valence-electron chi connectivity index (χ2n) is 6.17. The summed E-state index contributed by atoms with van der Waals surface area (Å²) in [5.41, 5.74) is -0.329. The van der Waals surface area contributed by atoms with Crippen LogP contribution in [0.15, 0.2) is 48.5 Å². The fourth-order valence-corrected chi connectivity index (χ4v) is 2.62. The first-order valence-corrected chi connectivity index (χ1v) is 8.20. The van der Waals surface area contributed by atoms with Crippen LogP contribution < -0.4 is 5.32 Å². The molecule has 0 saturated carbocycles. The van der Waals surface area contributed by atoms with Gasteiger partial charge in [-0.15, -0.1) is 0 Å². The molecule has 6 nitrogen and oxygen atoms in total. The van der Waals surface area contributed by atoms with E-state index in [0.717, 1.165) is 12.1 Å². The third kappa shape index (κ3) is 6.10. The maximum absolute atomic E-state index is 12.7. The third-order valence-corrected chi connectivity index (χ3v) is 3.95. The second-order valence-corrected chi connectivity index (χ2v) is 6.17. The summed E-state index contributed by atoms with van der Waals surface area (Å²) in [5.74, 6) is -3.02. The van der Waals surface area contributed by atoms with E-state index >= 15 is 0 Å². The Kier molecular flexibility index (Phi) is 6.82. The number of carboxylic acids is 1. The molecule has 1 atom stereocenters. The van der Waals surface area contributed by atoms with Crippen LogP contribution in [0, 0.1) is 0 Å². The summed E-state index contributed by atoms with van der Waals surface area (Å²) in [5, 5.41) is 30.3. The summed E-state index contributed by atoms with van der Waals surface area (Å²) in [6.07, 6.45) is -5.00. The molecule has 1 unspecified atom stereocenters. The van der Waals surface area contributed by atoms with Gasteiger partial charge in [-0.1, -0.05) is 30.3 Å². The number of hydrogen-bond donors (Lipinski definition) is 4. The first-order chi connectivity index (χ1) is 13.1. The zero-order valence-corrected chi connectivity index (χ0v) is 14.5. The van der Waals surface area contributed by atoms with Crippen LogP contribution in [0.25, 0.3) is 0 Å². The summed E-state index contributed by atoms with van der Waals surface area (Å²) in [7, 11) is -1.95. The number of carbonyl (C=O) groups excluding carboxylic acids is 1. The lowest BCUT2D eigenvalue weighted by Gasteiger charge is -2.18. The topological polar surface area (TPSA) is 107 Å². The first-order valence-electron chi connectivity index (χ1n) is 8.20. The van der Waals surface area contributed by atoms with E-state index in [1.807, 2.05) is 0 Å². The van der Waals surface area contributed by atoms with Gasteiger partial charge in [-0.2, -0.15) is 13.2 Å². The van der Waals surface area contributed by atoms with E-state index < -0.39 is 36.7 Å². The Balaban J connectivity index is 2.07. The van der Waals surface area contributed by atoms with Crippen LogP contribution in [0.2, 0.25) is 0 Å². The van der Waals surface area contributed by atoms with Crippen molar-refractivity contribution in [3.05, 3.63) is 70.8 Å². The van der Waals surface area contributed by atoms with E-state index in [1.165, 1.54) is 30.3 Å². The van der Waals surface area contributed by atoms with Crippen molar-refractivity contribution in [1.82, 2.24) is 5.32 Å². The molecular formula is C18H17BF3NO5. The fraction of sp³-hybridized carbons (Fsp3) is 0.222. The van der Waals surface area contributed by atoms with Crippen molar-refractivity contribution in [2.75, 3.05) is 0 Å². The van der Waals surface area contributed by atoms with Gasteiger partial charge in [0.2, 0.25) is 5.91 Å². The van der Waals surface area contributed by atoms with Crippen LogP contribution in [0.3, 0.4) is 0 Å². The highest BCUT2D eigenvalue weighted by Crippen LogP contribution is 2.29. The Labute approximate surface area is 158 Å². The maximum Gasteiger partial charge on any atom is 0.475 e. The average Bonchev–Trinajstić information content (AvgIpc) is 2.60. The second kappa shape index (κ2) is 8.90. The number of carboxylic acid groups (broad SMARTS) is 1. The Morgan fingerprint density at radius 1 is 1.04 bits per heavy atom. The molecule has 2 aromatic carbocycles. The molecule has 10 heteroatoms. The van der Waals surface area contributed by atoms with E-state index in [2.05, 4.69) is 5.32 Å². The third-order valence-electron chi connectivity index (χ3n) is 3.95. The number of carbonyl (C=O) groups is 2. The number of benzene rings is 2. The van der Waals surface area contributed by atoms with Gasteiger partial charge in [-0.25, -0.2) is 4.79 Å². The number of nitrogens with one attached hydrogen (secondary N) is 1. The number of rotatable bonds is 7. The van der Waals surface area contributed by atoms with Gasteiger partial charge >= 0.3 is 19.3 Å². The zero-order valence-electron chi connectivity index (χ0n) is 14.5. The Bertz CT molecular complexity index is 857. The monoisotopic (exact) mass is 395 g/mol. The molecule has 0 bridgehead atoms. The molecule has 0 heterocycles. The standard InChI is InChI=1S/C18H17BF3NO5/c20-18(21,22)14-6-2-4-12(8-14)10-16(24)23-15(19(27)28)9-11-3-1-5-13(7-11)17(25)26/h1-8,15,27-28H,9-10H2,(H,23,24)(H,25,26). The number of amides is 1. The lowest BCUT2D eigenvalue weighted by Crippen LogP contribution is -2.48. The van der Waals surface area contributed by atoms with Gasteiger partial charge in [-0.3, -0.25) is 4.79 Å². The molecule has 28 heavy (non-hydrogen) atoms. The normalized spacial score (nSPS) is 12.3. The predicted molar refractivity (Wildman–Crippen MR) is 94.4 cm³/mol.